The van der Waals surface area contributed by atoms with Gasteiger partial charge in [0.25, 0.3) is 0 Å². The van der Waals surface area contributed by atoms with Crippen LogP contribution in [-0.2, 0) is 20.5 Å². The maximum atomic E-state index is 13.6. The molecular formula is C31H45NO4Si. The first-order valence-electron chi connectivity index (χ1n) is 13.0. The van der Waals surface area contributed by atoms with Crippen LogP contribution in [0.5, 0.6) is 0 Å². The Hall–Kier alpha value is -2.70. The molecule has 3 atom stereocenters. The minimum atomic E-state index is -2.17. The van der Waals surface area contributed by atoms with Crippen molar-refractivity contribution >= 4 is 26.8 Å². The summed E-state index contributed by atoms with van der Waals surface area (Å²) in [6.45, 7) is 18.7. The van der Waals surface area contributed by atoms with Crippen molar-refractivity contribution in [3.05, 3.63) is 77.9 Å². The van der Waals surface area contributed by atoms with Crippen LogP contribution in [0.15, 0.2) is 66.7 Å². The summed E-state index contributed by atoms with van der Waals surface area (Å²) in [5.74, 6) is -0.592. The van der Waals surface area contributed by atoms with Gasteiger partial charge in [0.15, 0.2) is 8.32 Å². The summed E-state index contributed by atoms with van der Waals surface area (Å²) in [7, 11) is -2.17. The van der Waals surface area contributed by atoms with Gasteiger partial charge in [-0.2, -0.15) is 0 Å². The topological polar surface area (TPSA) is 55.8 Å². The average Bonchev–Trinajstić information content (AvgIpc) is 2.79. The molecule has 0 aromatic heterocycles. The van der Waals surface area contributed by atoms with Gasteiger partial charge in [-0.1, -0.05) is 93.6 Å². The second-order valence-electron chi connectivity index (χ2n) is 12.2. The van der Waals surface area contributed by atoms with Gasteiger partial charge < -0.3 is 14.0 Å². The number of carbonyl (C=O) groups is 2. The van der Waals surface area contributed by atoms with Crippen LogP contribution in [0.4, 0.5) is 4.79 Å². The zero-order valence-corrected chi connectivity index (χ0v) is 25.0. The number of ether oxygens (including phenoxy) is 1. The van der Waals surface area contributed by atoms with E-state index in [1.807, 2.05) is 101 Å². The fourth-order valence-electron chi connectivity index (χ4n) is 3.80. The molecule has 0 N–H and O–H groups in total. The summed E-state index contributed by atoms with van der Waals surface area (Å²) in [4.78, 5) is 28.0. The zero-order valence-electron chi connectivity index (χ0n) is 24.0. The molecule has 5 nitrogen and oxygen atoms in total. The third-order valence-electron chi connectivity index (χ3n) is 6.85. The van der Waals surface area contributed by atoms with Gasteiger partial charge in [0, 0.05) is 6.54 Å². The number of amides is 1. The van der Waals surface area contributed by atoms with Gasteiger partial charge in [0.2, 0.25) is 0 Å². The lowest BCUT2D eigenvalue weighted by molar-refractivity contribution is -0.115. The number of carbonyl (C=O) groups excluding carboxylic acids is 2. The van der Waals surface area contributed by atoms with Gasteiger partial charge in [-0.15, -0.1) is 0 Å². The minimum Gasteiger partial charge on any atom is -0.444 e. The number of benzene rings is 2. The summed E-state index contributed by atoms with van der Waals surface area (Å²) >= 11 is 0. The second kappa shape index (κ2) is 12.7. The highest BCUT2D eigenvalue weighted by Gasteiger charge is 2.42. The first-order chi connectivity index (χ1) is 17.1. The van der Waals surface area contributed by atoms with Gasteiger partial charge in [-0.05, 0) is 57.0 Å². The van der Waals surface area contributed by atoms with Crippen molar-refractivity contribution in [1.29, 1.82) is 0 Å². The van der Waals surface area contributed by atoms with Crippen LogP contribution in [0.1, 0.15) is 59.6 Å². The highest BCUT2D eigenvalue weighted by atomic mass is 28.4. The van der Waals surface area contributed by atoms with Crippen LogP contribution in [0.3, 0.4) is 0 Å². The SMILES string of the molecule is C[C@H](O[Si](C)(C)C(C)(C)C)[C@H](C=O)[C@@H](/C=C/c1ccccc1)N(Cc1ccccc1)C(=O)OC(C)(C)C. The molecule has 2 rings (SSSR count). The van der Waals surface area contributed by atoms with E-state index >= 15 is 0 Å². The van der Waals surface area contributed by atoms with Gasteiger partial charge in [0.05, 0.1) is 18.1 Å². The van der Waals surface area contributed by atoms with Gasteiger partial charge in [-0.25, -0.2) is 4.79 Å². The molecule has 0 spiro atoms. The van der Waals surface area contributed by atoms with Gasteiger partial charge >= 0.3 is 6.09 Å². The van der Waals surface area contributed by atoms with E-state index in [9.17, 15) is 9.59 Å². The molecule has 202 valence electrons. The van der Waals surface area contributed by atoms with E-state index in [2.05, 4.69) is 33.9 Å². The van der Waals surface area contributed by atoms with E-state index in [1.54, 1.807) is 4.90 Å². The lowest BCUT2D eigenvalue weighted by Crippen LogP contribution is -2.52. The van der Waals surface area contributed by atoms with Crippen LogP contribution < -0.4 is 0 Å². The molecule has 2 aromatic carbocycles. The van der Waals surface area contributed by atoms with Crippen LogP contribution in [0, 0.1) is 5.92 Å². The predicted molar refractivity (Wildman–Crippen MR) is 155 cm³/mol. The Bertz CT molecular complexity index is 1020. The molecule has 0 saturated carbocycles. The van der Waals surface area contributed by atoms with E-state index in [4.69, 9.17) is 9.16 Å². The normalized spacial score (nSPS) is 15.2. The number of nitrogens with zero attached hydrogens (tertiary/aromatic N) is 1. The standard InChI is InChI=1S/C31H45NO4Si/c1-24(36-37(8,9)31(5,6)7)27(23-33)28(21-20-25-16-12-10-13-17-25)32(29(34)35-30(2,3)4)22-26-18-14-11-15-19-26/h10-21,23-24,27-28H,22H2,1-9H3/b21-20+/t24-,27-,28+/m0/s1. The number of rotatable bonds is 10. The molecule has 0 heterocycles. The van der Waals surface area contributed by atoms with Crippen LogP contribution in [-0.4, -0.2) is 43.3 Å². The quantitative estimate of drug-likeness (QED) is 0.236. The molecule has 0 saturated heterocycles. The fourth-order valence-corrected chi connectivity index (χ4v) is 5.24. The summed E-state index contributed by atoms with van der Waals surface area (Å²) in [6.07, 6.45) is 3.96. The van der Waals surface area contributed by atoms with E-state index in [-0.39, 0.29) is 5.04 Å². The minimum absolute atomic E-state index is 0.0149. The summed E-state index contributed by atoms with van der Waals surface area (Å²) < 4.78 is 12.5. The molecule has 2 aromatic rings. The molecule has 0 radical (unpaired) electrons. The molecule has 0 fully saturated rings. The third kappa shape index (κ3) is 9.28. The Morgan fingerprint density at radius 1 is 0.946 bits per heavy atom. The van der Waals surface area contributed by atoms with E-state index in [1.165, 1.54) is 0 Å². The maximum Gasteiger partial charge on any atom is 0.411 e. The molecule has 6 heteroatoms. The smallest absolute Gasteiger partial charge is 0.411 e. The first-order valence-corrected chi connectivity index (χ1v) is 16.0. The van der Waals surface area contributed by atoms with Crippen molar-refractivity contribution < 1.29 is 18.8 Å². The summed E-state index contributed by atoms with van der Waals surface area (Å²) in [6, 6.07) is 19.1. The Balaban J connectivity index is 2.57. The lowest BCUT2D eigenvalue weighted by atomic mass is 9.93. The predicted octanol–water partition coefficient (Wildman–Crippen LogP) is 7.73. The third-order valence-corrected chi connectivity index (χ3v) is 11.4. The first kappa shape index (κ1) is 30.5. The monoisotopic (exact) mass is 523 g/mol. The zero-order chi connectivity index (χ0) is 27.9. The van der Waals surface area contributed by atoms with Crippen molar-refractivity contribution in [3.63, 3.8) is 0 Å². The molecule has 0 bridgehead atoms. The van der Waals surface area contributed by atoms with Crippen molar-refractivity contribution in [2.75, 3.05) is 0 Å². The molecule has 0 aliphatic rings. The Kier molecular flexibility index (Phi) is 10.5. The Morgan fingerprint density at radius 2 is 1.49 bits per heavy atom. The largest absolute Gasteiger partial charge is 0.444 e. The highest BCUT2D eigenvalue weighted by Crippen LogP contribution is 2.38. The number of aldehydes is 1. The van der Waals surface area contributed by atoms with Crippen molar-refractivity contribution in [2.24, 2.45) is 5.92 Å². The van der Waals surface area contributed by atoms with Crippen molar-refractivity contribution in [3.8, 4) is 0 Å². The highest BCUT2D eigenvalue weighted by molar-refractivity contribution is 6.74. The van der Waals surface area contributed by atoms with Crippen molar-refractivity contribution in [2.45, 2.75) is 90.9 Å². The summed E-state index contributed by atoms with van der Waals surface area (Å²) in [5, 5.41) is -0.0149. The van der Waals surface area contributed by atoms with Gasteiger partial charge in [0.1, 0.15) is 11.9 Å². The van der Waals surface area contributed by atoms with Crippen molar-refractivity contribution in [1.82, 2.24) is 4.90 Å². The van der Waals surface area contributed by atoms with Crippen LogP contribution in [0.2, 0.25) is 18.1 Å². The molecule has 0 unspecified atom stereocenters. The molecule has 1 amide bonds. The van der Waals surface area contributed by atoms with E-state index in [0.717, 1.165) is 17.4 Å². The molecule has 0 aliphatic heterocycles. The molecular weight excluding hydrogens is 478 g/mol. The lowest BCUT2D eigenvalue weighted by Gasteiger charge is -2.42. The van der Waals surface area contributed by atoms with Gasteiger partial charge in [-0.3, -0.25) is 4.90 Å². The Labute approximate surface area is 225 Å². The van der Waals surface area contributed by atoms with E-state index in [0.29, 0.717) is 6.54 Å². The molecule has 37 heavy (non-hydrogen) atoms. The van der Waals surface area contributed by atoms with E-state index < -0.39 is 38.1 Å². The Morgan fingerprint density at radius 3 is 1.97 bits per heavy atom. The van der Waals surface area contributed by atoms with Crippen LogP contribution >= 0.6 is 0 Å². The fraction of sp³-hybridized carbons (Fsp3) is 0.484. The summed E-state index contributed by atoms with van der Waals surface area (Å²) in [5.41, 5.74) is 1.26. The number of hydrogen-bond acceptors (Lipinski definition) is 4. The second-order valence-corrected chi connectivity index (χ2v) is 16.9. The average molecular weight is 524 g/mol. The van der Waals surface area contributed by atoms with Crippen LogP contribution in [0.25, 0.3) is 6.08 Å². The maximum absolute atomic E-state index is 13.6. The molecule has 0 aliphatic carbocycles. The number of hydrogen-bond donors (Lipinski definition) is 0.